The maximum atomic E-state index is 9.17. The number of nitrogens with zero attached hydrogens (tertiary/aromatic N) is 1. The molecule has 0 saturated heterocycles. The molecule has 0 radical (unpaired) electrons. The fourth-order valence-electron chi connectivity index (χ4n) is 7.61. The molecule has 2 nitrogen and oxygen atoms in total. The average molecular weight is 511 g/mol. The molecular weight excluding hydrogens is 474 g/mol. The summed E-state index contributed by atoms with van der Waals surface area (Å²) in [6.45, 7) is 9.46. The Labute approximate surface area is 231 Å². The van der Waals surface area contributed by atoms with E-state index >= 15 is 0 Å². The minimum absolute atomic E-state index is 0.111. The van der Waals surface area contributed by atoms with Gasteiger partial charge in [0.15, 0.2) is 0 Å². The van der Waals surface area contributed by atoms with E-state index in [-0.39, 0.29) is 10.8 Å². The van der Waals surface area contributed by atoms with Crippen LogP contribution in [0.15, 0.2) is 77.3 Å². The van der Waals surface area contributed by atoms with Crippen LogP contribution in [-0.4, -0.2) is 4.98 Å². The minimum Gasteiger partial charge on any atom is -0.456 e. The van der Waals surface area contributed by atoms with Crippen molar-refractivity contribution in [2.45, 2.75) is 76.5 Å². The van der Waals surface area contributed by atoms with Crippen LogP contribution in [0.5, 0.6) is 0 Å². The van der Waals surface area contributed by atoms with Gasteiger partial charge in [0, 0.05) is 34.7 Å². The Balaban J connectivity index is 1.44. The fraction of sp³-hybridized carbons (Fsp3) is 0.324. The summed E-state index contributed by atoms with van der Waals surface area (Å²) in [4.78, 5) is 4.90. The summed E-state index contributed by atoms with van der Waals surface area (Å²) in [6.07, 6.45) is 7.40. The molecule has 2 aliphatic carbocycles. The molecule has 6 aromatic rings. The fourth-order valence-corrected chi connectivity index (χ4v) is 7.61. The zero-order valence-corrected chi connectivity index (χ0v) is 23.3. The van der Waals surface area contributed by atoms with Crippen LogP contribution in [0.4, 0.5) is 0 Å². The van der Waals surface area contributed by atoms with E-state index in [2.05, 4.69) is 94.4 Å². The molecule has 0 spiro atoms. The smallest absolute Gasteiger partial charge is 0.136 e. The van der Waals surface area contributed by atoms with Crippen molar-refractivity contribution in [3.8, 4) is 11.3 Å². The molecule has 0 N–H and O–H groups in total. The zero-order chi connectivity index (χ0) is 27.4. The first-order valence-electron chi connectivity index (χ1n) is 15.0. The van der Waals surface area contributed by atoms with Gasteiger partial charge in [0.1, 0.15) is 11.2 Å². The van der Waals surface area contributed by atoms with Gasteiger partial charge in [-0.1, -0.05) is 89.4 Å². The lowest BCUT2D eigenvalue weighted by atomic mass is 9.55. The predicted molar refractivity (Wildman–Crippen MR) is 164 cm³/mol. The summed E-state index contributed by atoms with van der Waals surface area (Å²) in [6, 6.07) is 24.3. The topological polar surface area (TPSA) is 26.0 Å². The molecule has 0 unspecified atom stereocenters. The van der Waals surface area contributed by atoms with E-state index < -0.39 is 5.89 Å². The number of rotatable bonds is 1. The molecule has 2 heteroatoms. The monoisotopic (exact) mass is 510 g/mol. The van der Waals surface area contributed by atoms with Crippen LogP contribution >= 0.6 is 0 Å². The van der Waals surface area contributed by atoms with E-state index in [0.29, 0.717) is 0 Å². The van der Waals surface area contributed by atoms with E-state index in [1.807, 2.05) is 6.20 Å². The lowest BCUT2D eigenvalue weighted by molar-refractivity contribution is 0.300. The van der Waals surface area contributed by atoms with Crippen molar-refractivity contribution in [2.75, 3.05) is 0 Å². The summed E-state index contributed by atoms with van der Waals surface area (Å²) in [7, 11) is 0. The largest absolute Gasteiger partial charge is 0.456 e. The molecule has 8 rings (SSSR count). The first-order chi connectivity index (χ1) is 19.2. The first kappa shape index (κ1) is 22.2. The van der Waals surface area contributed by atoms with E-state index in [1.54, 1.807) is 0 Å². The number of fused-ring (bicyclic) bond motifs is 11. The molecular formula is C37H35NO. The van der Waals surface area contributed by atoms with Gasteiger partial charge in [-0.2, -0.15) is 0 Å². The summed E-state index contributed by atoms with van der Waals surface area (Å²) in [5.41, 5.74) is 7.71. The Kier molecular flexibility index (Phi) is 4.52. The highest BCUT2D eigenvalue weighted by molar-refractivity contribution is 6.25. The second-order valence-corrected chi connectivity index (χ2v) is 12.8. The number of hydrogen-bond acceptors (Lipinski definition) is 2. The lowest BCUT2D eigenvalue weighted by Gasteiger charge is -2.48. The normalized spacial score (nSPS) is 19.7. The van der Waals surface area contributed by atoms with Crippen molar-refractivity contribution >= 4 is 43.5 Å². The van der Waals surface area contributed by atoms with Crippen molar-refractivity contribution < 1.29 is 5.79 Å². The van der Waals surface area contributed by atoms with Crippen LogP contribution in [-0.2, 0) is 10.8 Å². The molecule has 0 bridgehead atoms. The molecule has 0 amide bonds. The number of furan rings is 1. The molecule has 2 aromatic heterocycles. The van der Waals surface area contributed by atoms with Gasteiger partial charge in [-0.15, -0.1) is 0 Å². The molecule has 194 valence electrons. The van der Waals surface area contributed by atoms with Crippen molar-refractivity contribution in [1.29, 1.82) is 0 Å². The Morgan fingerprint density at radius 2 is 1.51 bits per heavy atom. The van der Waals surface area contributed by atoms with E-state index in [1.165, 1.54) is 55.4 Å². The molecule has 2 heterocycles. The Morgan fingerprint density at radius 3 is 2.36 bits per heavy atom. The molecule has 0 aliphatic heterocycles. The zero-order valence-electron chi connectivity index (χ0n) is 24.3. The van der Waals surface area contributed by atoms with Crippen LogP contribution in [0, 0.1) is 0 Å². The highest BCUT2D eigenvalue weighted by Gasteiger charge is 2.47. The summed E-state index contributed by atoms with van der Waals surface area (Å²) >= 11 is 0. The van der Waals surface area contributed by atoms with Crippen LogP contribution in [0.1, 0.15) is 83.8 Å². The third-order valence-corrected chi connectivity index (χ3v) is 10.4. The van der Waals surface area contributed by atoms with Crippen molar-refractivity contribution in [3.05, 3.63) is 89.6 Å². The third-order valence-electron chi connectivity index (χ3n) is 10.4. The number of hydrogen-bond donors (Lipinski definition) is 0. The van der Waals surface area contributed by atoms with Crippen molar-refractivity contribution in [2.24, 2.45) is 0 Å². The average Bonchev–Trinajstić information content (AvgIpc) is 3.35. The van der Waals surface area contributed by atoms with Gasteiger partial charge < -0.3 is 4.42 Å². The Hall–Kier alpha value is -3.65. The quantitative estimate of drug-likeness (QED) is 0.206. The summed E-state index contributed by atoms with van der Waals surface area (Å²) in [5.74, 6) is -0.451. The van der Waals surface area contributed by atoms with Gasteiger partial charge in [0.2, 0.25) is 0 Å². The van der Waals surface area contributed by atoms with Gasteiger partial charge in [-0.05, 0) is 81.2 Å². The summed E-state index contributed by atoms with van der Waals surface area (Å²) < 4.78 is 15.7. The number of pyridine rings is 1. The van der Waals surface area contributed by atoms with Crippen LogP contribution in [0.2, 0.25) is 0 Å². The van der Waals surface area contributed by atoms with Gasteiger partial charge in [0.05, 0.1) is 5.69 Å². The molecule has 2 aliphatic rings. The lowest BCUT2D eigenvalue weighted by Crippen LogP contribution is -2.43. The number of aromatic nitrogens is 1. The molecule has 1 saturated carbocycles. The molecule has 0 atom stereocenters. The summed E-state index contributed by atoms with van der Waals surface area (Å²) in [5, 5.41) is 7.34. The van der Waals surface area contributed by atoms with Gasteiger partial charge in [-0.3, -0.25) is 4.98 Å². The van der Waals surface area contributed by atoms with E-state index in [9.17, 15) is 0 Å². The molecule has 4 aromatic carbocycles. The standard InChI is InChI=1S/C37H35NO/c1-36(2)29-11-8-20-38-35(29)28-17-19-31-33(34(28)37(36,3)4)32-27-15-13-24-21-23(22-9-6-5-7-10-22)12-14-25(24)26(27)16-18-30(32)39-31/h8,11-22H,5-7,9-10H2,1-4H3/i22D. The highest BCUT2D eigenvalue weighted by atomic mass is 16.3. The minimum atomic E-state index is -0.451. The Bertz CT molecular complexity index is 2000. The van der Waals surface area contributed by atoms with Gasteiger partial charge in [0.25, 0.3) is 0 Å². The SMILES string of the molecule is [2H]C1(c2ccc3c(ccc4c3ccc3oc5ccc6c(c5c34)C(C)(C)C(C)(C)c3cccnc3-6)c2)CCCCC1. The van der Waals surface area contributed by atoms with Gasteiger partial charge in [-0.25, -0.2) is 0 Å². The third kappa shape index (κ3) is 3.06. The van der Waals surface area contributed by atoms with Crippen LogP contribution < -0.4 is 0 Å². The Morgan fingerprint density at radius 1 is 0.769 bits per heavy atom. The second kappa shape index (κ2) is 7.94. The van der Waals surface area contributed by atoms with Crippen molar-refractivity contribution in [3.63, 3.8) is 0 Å². The van der Waals surface area contributed by atoms with Crippen molar-refractivity contribution in [1.82, 2.24) is 4.98 Å². The van der Waals surface area contributed by atoms with E-state index in [4.69, 9.17) is 10.8 Å². The maximum absolute atomic E-state index is 9.17. The molecule has 1 fully saturated rings. The maximum Gasteiger partial charge on any atom is 0.136 e. The van der Waals surface area contributed by atoms with E-state index in [0.717, 1.165) is 48.1 Å². The van der Waals surface area contributed by atoms with Crippen LogP contribution in [0.25, 0.3) is 54.7 Å². The first-order valence-corrected chi connectivity index (χ1v) is 14.5. The number of benzene rings is 4. The highest BCUT2D eigenvalue weighted by Crippen LogP contribution is 2.56. The predicted octanol–water partition coefficient (Wildman–Crippen LogP) is 10.6. The second-order valence-electron chi connectivity index (χ2n) is 12.8. The van der Waals surface area contributed by atoms with Gasteiger partial charge >= 0.3 is 0 Å². The van der Waals surface area contributed by atoms with Crippen LogP contribution in [0.3, 0.4) is 0 Å². The molecule has 39 heavy (non-hydrogen) atoms.